The summed E-state index contributed by atoms with van der Waals surface area (Å²) in [6, 6.07) is 10.0. The third-order valence-electron chi connectivity index (χ3n) is 3.10. The lowest BCUT2D eigenvalue weighted by molar-refractivity contribution is 0.235. The maximum Gasteiger partial charge on any atom is 0.315 e. The molecule has 4 heteroatoms. The Hall–Kier alpha value is -1.55. The van der Waals surface area contributed by atoms with Gasteiger partial charge in [0.2, 0.25) is 0 Å². The fourth-order valence-electron chi connectivity index (χ4n) is 1.93. The van der Waals surface area contributed by atoms with Crippen LogP contribution in [0.25, 0.3) is 0 Å². The molecule has 0 aliphatic heterocycles. The molecule has 1 aromatic rings. The summed E-state index contributed by atoms with van der Waals surface area (Å²) in [5.41, 5.74) is 6.43. The third-order valence-corrected chi connectivity index (χ3v) is 3.10. The van der Waals surface area contributed by atoms with E-state index >= 15 is 0 Å². The van der Waals surface area contributed by atoms with E-state index < -0.39 is 0 Å². The van der Waals surface area contributed by atoms with Gasteiger partial charge in [0.25, 0.3) is 0 Å². The lowest BCUT2D eigenvalue weighted by Crippen LogP contribution is -2.42. The highest BCUT2D eigenvalue weighted by Crippen LogP contribution is 2.45. The molecular weight excluding hydrogens is 214 g/mol. The molecule has 0 saturated heterocycles. The van der Waals surface area contributed by atoms with E-state index in [1.54, 1.807) is 0 Å². The van der Waals surface area contributed by atoms with E-state index in [0.29, 0.717) is 13.1 Å². The average Bonchev–Trinajstić information content (AvgIpc) is 3.12. The number of carbonyl (C=O) groups excluding carboxylic acids is 1. The zero-order chi connectivity index (χ0) is 12.1. The minimum Gasteiger partial charge on any atom is -0.338 e. The van der Waals surface area contributed by atoms with Crippen LogP contribution in [0.3, 0.4) is 0 Å². The normalized spacial score (nSPS) is 16.3. The van der Waals surface area contributed by atoms with E-state index in [1.165, 1.54) is 5.56 Å². The van der Waals surface area contributed by atoms with Crippen molar-refractivity contribution in [2.24, 2.45) is 5.73 Å². The Morgan fingerprint density at radius 3 is 2.59 bits per heavy atom. The van der Waals surface area contributed by atoms with Gasteiger partial charge in [-0.15, -0.1) is 0 Å². The molecule has 1 fully saturated rings. The molecule has 0 heterocycles. The Balaban J connectivity index is 1.88. The summed E-state index contributed by atoms with van der Waals surface area (Å²) in [4.78, 5) is 11.7. The molecule has 4 nitrogen and oxygen atoms in total. The van der Waals surface area contributed by atoms with Crippen molar-refractivity contribution >= 4 is 6.03 Å². The van der Waals surface area contributed by atoms with Gasteiger partial charge in [0, 0.05) is 6.54 Å². The molecule has 0 bridgehead atoms. The first kappa shape index (κ1) is 11.9. The molecule has 1 aliphatic carbocycles. The molecule has 2 rings (SSSR count). The van der Waals surface area contributed by atoms with Crippen LogP contribution in [0.1, 0.15) is 24.8 Å². The standard InChI is InChI=1S/C13H19N3O/c14-9-4-10-15-12(17)16-13(7-8-13)11-5-2-1-3-6-11/h1-3,5-6H,4,7-10,14H2,(H2,15,16,17). The van der Waals surface area contributed by atoms with Crippen LogP contribution >= 0.6 is 0 Å². The van der Waals surface area contributed by atoms with Crippen LogP contribution in [0.4, 0.5) is 4.79 Å². The molecular formula is C13H19N3O. The Bertz CT molecular complexity index is 374. The zero-order valence-electron chi connectivity index (χ0n) is 9.91. The average molecular weight is 233 g/mol. The van der Waals surface area contributed by atoms with Crippen LogP contribution in [-0.2, 0) is 5.54 Å². The Kier molecular flexibility index (Phi) is 3.64. The lowest BCUT2D eigenvalue weighted by Gasteiger charge is -2.18. The zero-order valence-corrected chi connectivity index (χ0v) is 9.91. The van der Waals surface area contributed by atoms with Crippen molar-refractivity contribution in [3.05, 3.63) is 35.9 Å². The minimum atomic E-state index is -0.131. The van der Waals surface area contributed by atoms with Gasteiger partial charge in [-0.25, -0.2) is 4.79 Å². The van der Waals surface area contributed by atoms with Gasteiger partial charge < -0.3 is 16.4 Å². The van der Waals surface area contributed by atoms with Crippen molar-refractivity contribution in [2.75, 3.05) is 13.1 Å². The summed E-state index contributed by atoms with van der Waals surface area (Å²) in [6.45, 7) is 1.23. The maximum atomic E-state index is 11.7. The number of nitrogens with two attached hydrogens (primary N) is 1. The van der Waals surface area contributed by atoms with Gasteiger partial charge in [0.15, 0.2) is 0 Å². The lowest BCUT2D eigenvalue weighted by atomic mass is 10.1. The number of carbonyl (C=O) groups is 1. The van der Waals surface area contributed by atoms with Crippen molar-refractivity contribution in [3.63, 3.8) is 0 Å². The molecule has 0 aromatic heterocycles. The summed E-state index contributed by atoms with van der Waals surface area (Å²) < 4.78 is 0. The van der Waals surface area contributed by atoms with Crippen molar-refractivity contribution < 1.29 is 4.79 Å². The Labute approximate surface area is 102 Å². The predicted molar refractivity (Wildman–Crippen MR) is 67.6 cm³/mol. The van der Waals surface area contributed by atoms with Gasteiger partial charge >= 0.3 is 6.03 Å². The van der Waals surface area contributed by atoms with Gasteiger partial charge in [-0.1, -0.05) is 30.3 Å². The number of rotatable bonds is 5. The fraction of sp³-hybridized carbons (Fsp3) is 0.462. The van der Waals surface area contributed by atoms with E-state index in [0.717, 1.165) is 19.3 Å². The van der Waals surface area contributed by atoms with Crippen LogP contribution in [0.15, 0.2) is 30.3 Å². The largest absolute Gasteiger partial charge is 0.338 e. The van der Waals surface area contributed by atoms with Crippen molar-refractivity contribution in [2.45, 2.75) is 24.8 Å². The van der Waals surface area contributed by atoms with Gasteiger partial charge in [-0.3, -0.25) is 0 Å². The summed E-state index contributed by atoms with van der Waals surface area (Å²) >= 11 is 0. The summed E-state index contributed by atoms with van der Waals surface area (Å²) in [6.07, 6.45) is 2.84. The molecule has 92 valence electrons. The quantitative estimate of drug-likeness (QED) is 0.671. The molecule has 1 saturated carbocycles. The van der Waals surface area contributed by atoms with Crippen molar-refractivity contribution in [1.82, 2.24) is 10.6 Å². The van der Waals surface area contributed by atoms with Crippen LogP contribution in [0.2, 0.25) is 0 Å². The molecule has 0 unspecified atom stereocenters. The second-order valence-electron chi connectivity index (χ2n) is 4.47. The topological polar surface area (TPSA) is 67.1 Å². The first-order valence-corrected chi connectivity index (χ1v) is 6.08. The molecule has 1 aromatic carbocycles. The highest BCUT2D eigenvalue weighted by Gasteiger charge is 2.45. The van der Waals surface area contributed by atoms with Crippen LogP contribution in [0, 0.1) is 0 Å². The van der Waals surface area contributed by atoms with E-state index in [1.807, 2.05) is 18.2 Å². The predicted octanol–water partition coefficient (Wildman–Crippen LogP) is 1.32. The SMILES string of the molecule is NCCCNC(=O)NC1(c2ccccc2)CC1. The van der Waals surface area contributed by atoms with Crippen LogP contribution in [-0.4, -0.2) is 19.1 Å². The molecule has 4 N–H and O–H groups in total. The number of nitrogens with one attached hydrogen (secondary N) is 2. The van der Waals surface area contributed by atoms with E-state index in [9.17, 15) is 4.79 Å². The Morgan fingerprint density at radius 1 is 1.29 bits per heavy atom. The Morgan fingerprint density at radius 2 is 2.00 bits per heavy atom. The second-order valence-corrected chi connectivity index (χ2v) is 4.47. The minimum absolute atomic E-state index is 0.0974. The van der Waals surface area contributed by atoms with Crippen molar-refractivity contribution in [3.8, 4) is 0 Å². The van der Waals surface area contributed by atoms with E-state index in [2.05, 4.69) is 22.8 Å². The third kappa shape index (κ3) is 2.97. The van der Waals surface area contributed by atoms with E-state index in [-0.39, 0.29) is 11.6 Å². The van der Waals surface area contributed by atoms with Gasteiger partial charge in [0.1, 0.15) is 0 Å². The van der Waals surface area contributed by atoms with Crippen LogP contribution in [0.5, 0.6) is 0 Å². The maximum absolute atomic E-state index is 11.7. The van der Waals surface area contributed by atoms with Crippen LogP contribution < -0.4 is 16.4 Å². The number of hydrogen-bond donors (Lipinski definition) is 3. The van der Waals surface area contributed by atoms with E-state index in [4.69, 9.17) is 5.73 Å². The van der Waals surface area contributed by atoms with Gasteiger partial charge in [-0.2, -0.15) is 0 Å². The monoisotopic (exact) mass is 233 g/mol. The number of amides is 2. The first-order chi connectivity index (χ1) is 8.27. The molecule has 0 radical (unpaired) electrons. The molecule has 2 amide bonds. The fourth-order valence-corrected chi connectivity index (χ4v) is 1.93. The molecule has 0 spiro atoms. The number of benzene rings is 1. The van der Waals surface area contributed by atoms with Gasteiger partial charge in [-0.05, 0) is 31.4 Å². The highest BCUT2D eigenvalue weighted by atomic mass is 16.2. The van der Waals surface area contributed by atoms with Gasteiger partial charge in [0.05, 0.1) is 5.54 Å². The number of hydrogen-bond acceptors (Lipinski definition) is 2. The molecule has 17 heavy (non-hydrogen) atoms. The second kappa shape index (κ2) is 5.19. The summed E-state index contributed by atoms with van der Waals surface area (Å²) in [5.74, 6) is 0. The molecule has 0 atom stereocenters. The smallest absolute Gasteiger partial charge is 0.315 e. The summed E-state index contributed by atoms with van der Waals surface area (Å²) in [7, 11) is 0. The molecule has 1 aliphatic rings. The first-order valence-electron chi connectivity index (χ1n) is 6.08. The summed E-state index contributed by atoms with van der Waals surface area (Å²) in [5, 5.41) is 5.87. The highest BCUT2D eigenvalue weighted by molar-refractivity contribution is 5.75. The number of urea groups is 1. The van der Waals surface area contributed by atoms with Crippen molar-refractivity contribution in [1.29, 1.82) is 0 Å².